The number of hydrogen-bond acceptors (Lipinski definition) is 7. The molecule has 8 heteroatoms. The summed E-state index contributed by atoms with van der Waals surface area (Å²) in [5, 5.41) is 7.77. The Morgan fingerprint density at radius 1 is 1.03 bits per heavy atom. The number of fused-ring (bicyclic) bond motifs is 1. The molecule has 1 aromatic heterocycles. The number of rotatable bonds is 6. The van der Waals surface area contributed by atoms with Crippen LogP contribution in [0.15, 0.2) is 59.0 Å². The van der Waals surface area contributed by atoms with Crippen molar-refractivity contribution in [3.8, 4) is 11.5 Å². The lowest BCUT2D eigenvalue weighted by Gasteiger charge is -2.26. The number of ether oxygens (including phenoxy) is 1. The molecule has 0 aliphatic carbocycles. The number of esters is 1. The Bertz CT molecular complexity index is 1060. The molecular weight excluding hydrogens is 374 g/mol. The highest BCUT2D eigenvalue weighted by atomic mass is 16.5. The second-order valence-corrected chi connectivity index (χ2v) is 6.46. The molecule has 0 saturated heterocycles. The van der Waals surface area contributed by atoms with Gasteiger partial charge in [-0.2, -0.15) is 0 Å². The first-order chi connectivity index (χ1) is 14.1. The molecule has 3 aromatic rings. The van der Waals surface area contributed by atoms with Crippen LogP contribution in [0.3, 0.4) is 0 Å². The predicted molar refractivity (Wildman–Crippen MR) is 100 cm³/mol. The lowest BCUT2D eigenvalue weighted by molar-refractivity contribution is -0.146. The number of nitrogens with zero attached hydrogens (tertiary/aromatic N) is 3. The molecule has 0 fully saturated rings. The molecule has 0 radical (unpaired) electrons. The Hall–Kier alpha value is -3.81. The van der Waals surface area contributed by atoms with E-state index in [0.717, 1.165) is 10.5 Å². The van der Waals surface area contributed by atoms with Crippen molar-refractivity contribution in [2.24, 2.45) is 0 Å². The van der Waals surface area contributed by atoms with Gasteiger partial charge in [-0.3, -0.25) is 19.3 Å². The molecule has 1 aliphatic heterocycles. The number of carbonyl (C=O) groups is 3. The summed E-state index contributed by atoms with van der Waals surface area (Å²) in [6.07, 6.45) is 0.0283. The average molecular weight is 391 g/mol. The SMILES string of the molecule is O=C(CCN1C(=O)Cc2ccccc2C1=O)OCc1nnc(-c2ccccc2)o1. The number of benzene rings is 2. The molecule has 8 nitrogen and oxygen atoms in total. The molecule has 2 heterocycles. The number of amides is 2. The van der Waals surface area contributed by atoms with Crippen LogP contribution in [0.5, 0.6) is 0 Å². The zero-order chi connectivity index (χ0) is 20.2. The van der Waals surface area contributed by atoms with Crippen LogP contribution in [0.1, 0.15) is 28.2 Å². The largest absolute Gasteiger partial charge is 0.456 e. The molecule has 2 amide bonds. The average Bonchev–Trinajstić information content (AvgIpc) is 3.22. The van der Waals surface area contributed by atoms with Crippen molar-refractivity contribution in [3.05, 3.63) is 71.6 Å². The number of aromatic nitrogens is 2. The van der Waals surface area contributed by atoms with E-state index in [9.17, 15) is 14.4 Å². The fourth-order valence-electron chi connectivity index (χ4n) is 3.05. The Kier molecular flexibility index (Phi) is 5.15. The molecule has 0 N–H and O–H groups in total. The highest BCUT2D eigenvalue weighted by Crippen LogP contribution is 2.20. The molecule has 0 bridgehead atoms. The molecule has 0 saturated carbocycles. The minimum absolute atomic E-state index is 0.0378. The van der Waals surface area contributed by atoms with Gasteiger partial charge >= 0.3 is 5.97 Å². The van der Waals surface area contributed by atoms with E-state index < -0.39 is 11.9 Å². The third-order valence-corrected chi connectivity index (χ3v) is 4.52. The lowest BCUT2D eigenvalue weighted by Crippen LogP contribution is -2.43. The van der Waals surface area contributed by atoms with Gasteiger partial charge in [0.05, 0.1) is 12.8 Å². The Morgan fingerprint density at radius 2 is 1.79 bits per heavy atom. The number of hydrogen-bond donors (Lipinski definition) is 0. The maximum absolute atomic E-state index is 12.5. The van der Waals surface area contributed by atoms with Gasteiger partial charge in [0.25, 0.3) is 11.8 Å². The first-order valence-corrected chi connectivity index (χ1v) is 9.08. The topological polar surface area (TPSA) is 103 Å². The van der Waals surface area contributed by atoms with Gasteiger partial charge in [-0.25, -0.2) is 0 Å². The van der Waals surface area contributed by atoms with E-state index in [-0.39, 0.29) is 37.8 Å². The first kappa shape index (κ1) is 18.5. The van der Waals surface area contributed by atoms with E-state index in [2.05, 4.69) is 10.2 Å². The third kappa shape index (κ3) is 4.06. The fraction of sp³-hybridized carbons (Fsp3) is 0.190. The van der Waals surface area contributed by atoms with Crippen molar-refractivity contribution in [3.63, 3.8) is 0 Å². The molecule has 0 unspecified atom stereocenters. The summed E-state index contributed by atoms with van der Waals surface area (Å²) in [5.41, 5.74) is 1.95. The standard InChI is InChI=1S/C21H17N3O5/c25-18-12-15-8-4-5-9-16(15)21(27)24(18)11-10-19(26)28-13-17-22-23-20(29-17)14-6-2-1-3-7-14/h1-9H,10-13H2. The highest BCUT2D eigenvalue weighted by molar-refractivity contribution is 6.09. The zero-order valence-corrected chi connectivity index (χ0v) is 15.4. The molecule has 4 rings (SSSR count). The van der Waals surface area contributed by atoms with Gasteiger partial charge in [-0.1, -0.05) is 36.4 Å². The van der Waals surface area contributed by atoms with Crippen LogP contribution in [0, 0.1) is 0 Å². The van der Waals surface area contributed by atoms with Gasteiger partial charge in [0.2, 0.25) is 11.8 Å². The second kappa shape index (κ2) is 8.05. The van der Waals surface area contributed by atoms with Crippen LogP contribution in [0.2, 0.25) is 0 Å². The first-order valence-electron chi connectivity index (χ1n) is 9.08. The quantitative estimate of drug-likeness (QED) is 0.469. The second-order valence-electron chi connectivity index (χ2n) is 6.46. The van der Waals surface area contributed by atoms with E-state index in [1.165, 1.54) is 0 Å². The summed E-state index contributed by atoms with van der Waals surface area (Å²) in [4.78, 5) is 37.8. The van der Waals surface area contributed by atoms with E-state index in [0.29, 0.717) is 17.0 Å². The van der Waals surface area contributed by atoms with E-state index in [4.69, 9.17) is 9.15 Å². The number of carbonyl (C=O) groups excluding carboxylic acids is 3. The van der Waals surface area contributed by atoms with E-state index in [1.807, 2.05) is 30.3 Å². The summed E-state index contributed by atoms with van der Waals surface area (Å²) < 4.78 is 10.6. The third-order valence-electron chi connectivity index (χ3n) is 4.52. The fourth-order valence-corrected chi connectivity index (χ4v) is 3.05. The molecule has 0 atom stereocenters. The maximum atomic E-state index is 12.5. The normalized spacial score (nSPS) is 13.3. The summed E-state index contributed by atoms with van der Waals surface area (Å²) in [7, 11) is 0. The van der Waals surface area contributed by atoms with Crippen molar-refractivity contribution < 1.29 is 23.5 Å². The lowest BCUT2D eigenvalue weighted by atomic mass is 9.98. The van der Waals surface area contributed by atoms with E-state index in [1.54, 1.807) is 24.3 Å². The van der Waals surface area contributed by atoms with Crippen LogP contribution in [-0.2, 0) is 27.4 Å². The van der Waals surface area contributed by atoms with Crippen LogP contribution in [-0.4, -0.2) is 39.4 Å². The zero-order valence-electron chi connectivity index (χ0n) is 15.4. The summed E-state index contributed by atoms with van der Waals surface area (Å²) in [6.45, 7) is -0.215. The van der Waals surface area contributed by atoms with Crippen LogP contribution in [0.4, 0.5) is 0 Å². The van der Waals surface area contributed by atoms with Gasteiger partial charge < -0.3 is 9.15 Å². The summed E-state index contributed by atoms with van der Waals surface area (Å²) in [6, 6.07) is 16.2. The van der Waals surface area contributed by atoms with Crippen molar-refractivity contribution >= 4 is 17.8 Å². The Labute approximate surface area is 166 Å². The van der Waals surface area contributed by atoms with Gasteiger partial charge in [-0.05, 0) is 23.8 Å². The maximum Gasteiger partial charge on any atom is 0.308 e. The molecule has 0 spiro atoms. The molecular formula is C21H17N3O5. The van der Waals surface area contributed by atoms with Crippen molar-refractivity contribution in [2.45, 2.75) is 19.4 Å². The predicted octanol–water partition coefficient (Wildman–Crippen LogP) is 2.40. The molecule has 146 valence electrons. The van der Waals surface area contributed by atoms with Gasteiger partial charge in [0.1, 0.15) is 0 Å². The summed E-state index contributed by atoms with van der Waals surface area (Å²) in [5.74, 6) is -0.792. The minimum Gasteiger partial charge on any atom is -0.456 e. The highest BCUT2D eigenvalue weighted by Gasteiger charge is 2.30. The Morgan fingerprint density at radius 3 is 2.62 bits per heavy atom. The van der Waals surface area contributed by atoms with Crippen molar-refractivity contribution in [1.82, 2.24) is 15.1 Å². The smallest absolute Gasteiger partial charge is 0.308 e. The van der Waals surface area contributed by atoms with Gasteiger partial charge in [-0.15, -0.1) is 10.2 Å². The van der Waals surface area contributed by atoms with Gasteiger partial charge in [0.15, 0.2) is 6.61 Å². The molecule has 2 aromatic carbocycles. The van der Waals surface area contributed by atoms with Crippen LogP contribution in [0.25, 0.3) is 11.5 Å². The minimum atomic E-state index is -0.566. The van der Waals surface area contributed by atoms with Crippen LogP contribution >= 0.6 is 0 Å². The van der Waals surface area contributed by atoms with Gasteiger partial charge in [0, 0.05) is 17.7 Å². The van der Waals surface area contributed by atoms with Crippen molar-refractivity contribution in [2.75, 3.05) is 6.54 Å². The molecule has 29 heavy (non-hydrogen) atoms. The monoisotopic (exact) mass is 391 g/mol. The Balaban J connectivity index is 1.30. The molecule has 1 aliphatic rings. The van der Waals surface area contributed by atoms with Crippen LogP contribution < -0.4 is 0 Å². The van der Waals surface area contributed by atoms with Crippen molar-refractivity contribution in [1.29, 1.82) is 0 Å². The van der Waals surface area contributed by atoms with E-state index >= 15 is 0 Å². The number of imide groups is 1. The summed E-state index contributed by atoms with van der Waals surface area (Å²) >= 11 is 0.